The Balaban J connectivity index is 2.38. The van der Waals surface area contributed by atoms with E-state index in [1.165, 1.54) is 0 Å². The molecule has 0 aliphatic carbocycles. The van der Waals surface area contributed by atoms with E-state index in [-0.39, 0.29) is 12.5 Å². The van der Waals surface area contributed by atoms with Crippen molar-refractivity contribution in [2.75, 3.05) is 7.11 Å². The van der Waals surface area contributed by atoms with Gasteiger partial charge in [-0.1, -0.05) is 0 Å². The lowest BCUT2D eigenvalue weighted by Crippen LogP contribution is -2.05. The first-order valence-corrected chi connectivity index (χ1v) is 5.18. The van der Waals surface area contributed by atoms with Crippen LogP contribution in [0.2, 0.25) is 0 Å². The molecule has 4 heteroatoms. The van der Waals surface area contributed by atoms with Crippen molar-refractivity contribution in [1.82, 2.24) is 0 Å². The summed E-state index contributed by atoms with van der Waals surface area (Å²) in [5.41, 5.74) is 1.74. The summed E-state index contributed by atoms with van der Waals surface area (Å²) in [7, 11) is 1.55. The zero-order chi connectivity index (χ0) is 11.7. The Hall–Kier alpha value is -1.71. The Morgan fingerprint density at radius 2 is 2.38 bits per heavy atom. The molecule has 4 nitrogen and oxygen atoms in total. The summed E-state index contributed by atoms with van der Waals surface area (Å²) in [4.78, 5) is 10.7. The van der Waals surface area contributed by atoms with E-state index in [2.05, 4.69) is 0 Å². The van der Waals surface area contributed by atoms with Crippen molar-refractivity contribution >= 4 is 5.97 Å². The third kappa shape index (κ3) is 1.96. The van der Waals surface area contributed by atoms with Crippen molar-refractivity contribution in [3.05, 3.63) is 23.3 Å². The molecule has 1 aromatic rings. The lowest BCUT2D eigenvalue weighted by molar-refractivity contribution is -0.136. The molecule has 1 aliphatic heterocycles. The highest BCUT2D eigenvalue weighted by Gasteiger charge is 2.22. The van der Waals surface area contributed by atoms with Crippen LogP contribution in [0, 0.1) is 0 Å². The second kappa shape index (κ2) is 4.04. The lowest BCUT2D eigenvalue weighted by Gasteiger charge is -2.09. The molecule has 86 valence electrons. The molecule has 1 unspecified atom stereocenters. The number of hydrogen-bond donors (Lipinski definition) is 1. The van der Waals surface area contributed by atoms with Crippen LogP contribution in [0.15, 0.2) is 12.1 Å². The van der Waals surface area contributed by atoms with Gasteiger partial charge in [0.05, 0.1) is 13.5 Å². The standard InChI is InChI=1S/C12H14O4/c1-7-3-8-4-10(15-2)9(6-12(13)14)5-11(8)16-7/h4-5,7H,3,6H2,1-2H3,(H,13,14). The summed E-state index contributed by atoms with van der Waals surface area (Å²) >= 11 is 0. The number of rotatable bonds is 3. The molecule has 0 saturated carbocycles. The number of fused-ring (bicyclic) bond motifs is 1. The molecule has 0 fully saturated rings. The first-order valence-electron chi connectivity index (χ1n) is 5.18. The van der Waals surface area contributed by atoms with Crippen molar-refractivity contribution in [1.29, 1.82) is 0 Å². The summed E-state index contributed by atoms with van der Waals surface area (Å²) in [6.07, 6.45) is 0.951. The number of carbonyl (C=O) groups is 1. The molecule has 16 heavy (non-hydrogen) atoms. The van der Waals surface area contributed by atoms with Crippen LogP contribution in [0.1, 0.15) is 18.1 Å². The molecule has 0 saturated heterocycles. The second-order valence-electron chi connectivity index (χ2n) is 3.97. The van der Waals surface area contributed by atoms with Crippen molar-refractivity contribution in [3.63, 3.8) is 0 Å². The van der Waals surface area contributed by atoms with Gasteiger partial charge in [-0.3, -0.25) is 4.79 Å². The Bertz CT molecular complexity index is 425. The van der Waals surface area contributed by atoms with Crippen molar-refractivity contribution < 1.29 is 19.4 Å². The van der Waals surface area contributed by atoms with Crippen LogP contribution in [0.4, 0.5) is 0 Å². The summed E-state index contributed by atoms with van der Waals surface area (Å²) in [5, 5.41) is 8.79. The van der Waals surface area contributed by atoms with E-state index in [1.54, 1.807) is 13.2 Å². The topological polar surface area (TPSA) is 55.8 Å². The number of carboxylic acid groups (broad SMARTS) is 1. The van der Waals surface area contributed by atoms with Crippen LogP contribution < -0.4 is 9.47 Å². The largest absolute Gasteiger partial charge is 0.496 e. The Kier molecular flexibility index (Phi) is 2.73. The van der Waals surface area contributed by atoms with Gasteiger partial charge in [0, 0.05) is 17.5 Å². The van der Waals surface area contributed by atoms with Crippen LogP contribution in [0.25, 0.3) is 0 Å². The molecule has 1 heterocycles. The third-order valence-corrected chi connectivity index (χ3v) is 2.64. The van der Waals surface area contributed by atoms with Gasteiger partial charge >= 0.3 is 5.97 Å². The molecule has 0 bridgehead atoms. The Morgan fingerprint density at radius 1 is 1.62 bits per heavy atom. The van der Waals surface area contributed by atoms with E-state index in [4.69, 9.17) is 14.6 Å². The molecule has 1 aliphatic rings. The maximum absolute atomic E-state index is 10.7. The van der Waals surface area contributed by atoms with E-state index < -0.39 is 5.97 Å². The normalized spacial score (nSPS) is 17.8. The molecule has 2 rings (SSSR count). The number of ether oxygens (including phenoxy) is 2. The van der Waals surface area contributed by atoms with Crippen LogP contribution >= 0.6 is 0 Å². The maximum Gasteiger partial charge on any atom is 0.307 e. The van der Waals surface area contributed by atoms with Crippen molar-refractivity contribution in [3.8, 4) is 11.5 Å². The summed E-state index contributed by atoms with van der Waals surface area (Å²) in [5.74, 6) is 0.535. The van der Waals surface area contributed by atoms with Crippen LogP contribution in [-0.4, -0.2) is 24.3 Å². The van der Waals surface area contributed by atoms with Gasteiger partial charge in [0.1, 0.15) is 17.6 Å². The van der Waals surface area contributed by atoms with Gasteiger partial charge in [0.2, 0.25) is 0 Å². The van der Waals surface area contributed by atoms with Gasteiger partial charge in [-0.05, 0) is 19.1 Å². The smallest absolute Gasteiger partial charge is 0.307 e. The summed E-state index contributed by atoms with van der Waals surface area (Å²) < 4.78 is 10.8. The van der Waals surface area contributed by atoms with E-state index in [1.807, 2.05) is 13.0 Å². The minimum atomic E-state index is -0.871. The number of methoxy groups -OCH3 is 1. The number of hydrogen-bond acceptors (Lipinski definition) is 3. The fourth-order valence-corrected chi connectivity index (χ4v) is 1.97. The maximum atomic E-state index is 10.7. The molecule has 1 atom stereocenters. The van der Waals surface area contributed by atoms with Gasteiger partial charge in [0.25, 0.3) is 0 Å². The van der Waals surface area contributed by atoms with Crippen molar-refractivity contribution in [2.45, 2.75) is 25.9 Å². The van der Waals surface area contributed by atoms with Gasteiger partial charge in [0.15, 0.2) is 0 Å². The monoisotopic (exact) mass is 222 g/mol. The van der Waals surface area contributed by atoms with Crippen LogP contribution in [-0.2, 0) is 17.6 Å². The molecule has 1 N–H and O–H groups in total. The third-order valence-electron chi connectivity index (χ3n) is 2.64. The highest BCUT2D eigenvalue weighted by molar-refractivity contribution is 5.72. The molecular weight excluding hydrogens is 208 g/mol. The predicted molar refractivity (Wildman–Crippen MR) is 58.1 cm³/mol. The SMILES string of the molecule is COc1cc2c(cc1CC(=O)O)OC(C)C2. The highest BCUT2D eigenvalue weighted by atomic mass is 16.5. The Labute approximate surface area is 93.8 Å². The highest BCUT2D eigenvalue weighted by Crippen LogP contribution is 2.35. The number of carboxylic acids is 1. The number of aliphatic carboxylic acids is 1. The predicted octanol–water partition coefficient (Wildman–Crippen LogP) is 1.65. The van der Waals surface area contributed by atoms with Gasteiger partial charge < -0.3 is 14.6 Å². The number of benzene rings is 1. The summed E-state index contributed by atoms with van der Waals surface area (Å²) in [6.45, 7) is 1.99. The minimum absolute atomic E-state index is 0.0474. The molecule has 0 aromatic heterocycles. The van der Waals surface area contributed by atoms with Gasteiger partial charge in [-0.2, -0.15) is 0 Å². The lowest BCUT2D eigenvalue weighted by atomic mass is 10.0. The molecule has 1 aromatic carbocycles. The zero-order valence-electron chi connectivity index (χ0n) is 9.32. The minimum Gasteiger partial charge on any atom is -0.496 e. The zero-order valence-corrected chi connectivity index (χ0v) is 9.32. The first kappa shape index (κ1) is 10.8. The fourth-order valence-electron chi connectivity index (χ4n) is 1.97. The average Bonchev–Trinajstić information content (AvgIpc) is 2.55. The first-order chi connectivity index (χ1) is 7.60. The quantitative estimate of drug-likeness (QED) is 0.844. The fraction of sp³-hybridized carbons (Fsp3) is 0.417. The van der Waals surface area contributed by atoms with Crippen LogP contribution in [0.3, 0.4) is 0 Å². The van der Waals surface area contributed by atoms with Crippen LogP contribution in [0.5, 0.6) is 11.5 Å². The van der Waals surface area contributed by atoms with Crippen molar-refractivity contribution in [2.24, 2.45) is 0 Å². The second-order valence-corrected chi connectivity index (χ2v) is 3.97. The molecule has 0 radical (unpaired) electrons. The molecular formula is C12H14O4. The summed E-state index contributed by atoms with van der Waals surface area (Å²) in [6, 6.07) is 3.64. The Morgan fingerprint density at radius 3 is 3.00 bits per heavy atom. The van der Waals surface area contributed by atoms with E-state index in [9.17, 15) is 4.79 Å². The average molecular weight is 222 g/mol. The van der Waals surface area contributed by atoms with E-state index in [0.29, 0.717) is 11.3 Å². The van der Waals surface area contributed by atoms with E-state index in [0.717, 1.165) is 17.7 Å². The van der Waals surface area contributed by atoms with Gasteiger partial charge in [-0.15, -0.1) is 0 Å². The van der Waals surface area contributed by atoms with E-state index >= 15 is 0 Å². The molecule has 0 spiro atoms. The van der Waals surface area contributed by atoms with Gasteiger partial charge in [-0.25, -0.2) is 0 Å². The molecule has 0 amide bonds.